The van der Waals surface area contributed by atoms with Crippen molar-refractivity contribution < 1.29 is 10.2 Å². The maximum absolute atomic E-state index is 9.22. The summed E-state index contributed by atoms with van der Waals surface area (Å²) >= 11 is 1.67. The summed E-state index contributed by atoms with van der Waals surface area (Å²) < 4.78 is 0. The minimum Gasteiger partial charge on any atom is -0.508 e. The highest BCUT2D eigenvalue weighted by molar-refractivity contribution is 7.99. The molecule has 0 aliphatic carbocycles. The molecule has 1 aromatic rings. The fourth-order valence-corrected chi connectivity index (χ4v) is 2.19. The summed E-state index contributed by atoms with van der Waals surface area (Å²) in [6, 6.07) is 4.70. The van der Waals surface area contributed by atoms with Crippen LogP contribution in [0.1, 0.15) is 26.2 Å². The van der Waals surface area contributed by atoms with Gasteiger partial charge in [0, 0.05) is 11.0 Å². The number of phenols is 2. The van der Waals surface area contributed by atoms with Crippen molar-refractivity contribution in [1.29, 1.82) is 0 Å². The van der Waals surface area contributed by atoms with E-state index in [0.717, 1.165) is 10.6 Å². The van der Waals surface area contributed by atoms with Crippen molar-refractivity contribution in [2.24, 2.45) is 0 Å². The molecule has 2 nitrogen and oxygen atoms in total. The van der Waals surface area contributed by atoms with E-state index in [2.05, 4.69) is 6.92 Å². The fourth-order valence-electron chi connectivity index (χ4n) is 1.19. The Kier molecular flexibility index (Phi) is 4.66. The first-order valence-electron chi connectivity index (χ1n) is 4.88. The van der Waals surface area contributed by atoms with E-state index < -0.39 is 0 Å². The first-order chi connectivity index (χ1) is 6.72. The average molecular weight is 212 g/mol. The number of hydrogen-bond acceptors (Lipinski definition) is 3. The van der Waals surface area contributed by atoms with Gasteiger partial charge in [-0.15, -0.1) is 11.8 Å². The molecule has 3 heteroatoms. The van der Waals surface area contributed by atoms with Crippen LogP contribution in [0.15, 0.2) is 23.1 Å². The van der Waals surface area contributed by atoms with E-state index in [1.54, 1.807) is 23.9 Å². The van der Waals surface area contributed by atoms with Gasteiger partial charge in [-0.3, -0.25) is 0 Å². The van der Waals surface area contributed by atoms with Crippen molar-refractivity contribution in [3.8, 4) is 11.5 Å². The van der Waals surface area contributed by atoms with Crippen LogP contribution < -0.4 is 0 Å². The van der Waals surface area contributed by atoms with Gasteiger partial charge in [0.15, 0.2) is 0 Å². The predicted octanol–water partition coefficient (Wildman–Crippen LogP) is 3.38. The Labute approximate surface area is 89.0 Å². The van der Waals surface area contributed by atoms with Gasteiger partial charge in [-0.05, 0) is 24.3 Å². The molecule has 0 radical (unpaired) electrons. The molecule has 0 saturated heterocycles. The van der Waals surface area contributed by atoms with Crippen molar-refractivity contribution in [1.82, 2.24) is 0 Å². The van der Waals surface area contributed by atoms with E-state index in [4.69, 9.17) is 0 Å². The molecule has 0 unspecified atom stereocenters. The second-order valence-electron chi connectivity index (χ2n) is 3.24. The molecule has 78 valence electrons. The van der Waals surface area contributed by atoms with Crippen molar-refractivity contribution in [2.75, 3.05) is 5.75 Å². The Hall–Kier alpha value is -0.830. The lowest BCUT2D eigenvalue weighted by atomic mass is 10.3. The normalized spacial score (nSPS) is 10.4. The van der Waals surface area contributed by atoms with Crippen molar-refractivity contribution in [2.45, 2.75) is 31.1 Å². The average Bonchev–Trinajstić information content (AvgIpc) is 2.11. The molecule has 0 heterocycles. The van der Waals surface area contributed by atoms with Gasteiger partial charge in [-0.25, -0.2) is 0 Å². The summed E-state index contributed by atoms with van der Waals surface area (Å²) in [5, 5.41) is 18.4. The molecule has 0 aliphatic rings. The Morgan fingerprint density at radius 2 is 1.71 bits per heavy atom. The molecule has 14 heavy (non-hydrogen) atoms. The summed E-state index contributed by atoms with van der Waals surface area (Å²) in [4.78, 5) is 0.929. The number of phenolic OH excluding ortho intramolecular Hbond substituents is 2. The molecule has 0 aromatic heterocycles. The van der Waals surface area contributed by atoms with Gasteiger partial charge in [0.2, 0.25) is 0 Å². The number of benzene rings is 1. The third kappa shape index (κ3) is 3.92. The van der Waals surface area contributed by atoms with Crippen molar-refractivity contribution in [3.63, 3.8) is 0 Å². The number of rotatable bonds is 5. The van der Waals surface area contributed by atoms with Gasteiger partial charge >= 0.3 is 0 Å². The molecule has 0 atom stereocenters. The minimum absolute atomic E-state index is 0.128. The Bertz CT molecular complexity index is 266. The zero-order valence-corrected chi connectivity index (χ0v) is 9.18. The van der Waals surface area contributed by atoms with Gasteiger partial charge in [0.05, 0.1) is 0 Å². The number of hydrogen-bond donors (Lipinski definition) is 2. The molecule has 0 aliphatic heterocycles. The summed E-state index contributed by atoms with van der Waals surface area (Å²) in [7, 11) is 0. The first-order valence-corrected chi connectivity index (χ1v) is 5.86. The highest BCUT2D eigenvalue weighted by Gasteiger charge is 1.99. The molecule has 0 bridgehead atoms. The summed E-state index contributed by atoms with van der Waals surface area (Å²) in [5.74, 6) is 1.29. The highest BCUT2D eigenvalue weighted by atomic mass is 32.2. The third-order valence-corrected chi connectivity index (χ3v) is 2.95. The van der Waals surface area contributed by atoms with Crippen LogP contribution in [0.2, 0.25) is 0 Å². The Balaban J connectivity index is 2.42. The van der Waals surface area contributed by atoms with Crippen LogP contribution in [-0.4, -0.2) is 16.0 Å². The quantitative estimate of drug-likeness (QED) is 0.580. The van der Waals surface area contributed by atoms with Gasteiger partial charge < -0.3 is 10.2 Å². The van der Waals surface area contributed by atoms with Crippen LogP contribution in [0.5, 0.6) is 11.5 Å². The van der Waals surface area contributed by atoms with Crippen LogP contribution in [-0.2, 0) is 0 Å². The van der Waals surface area contributed by atoms with E-state index in [9.17, 15) is 10.2 Å². The second-order valence-corrected chi connectivity index (χ2v) is 4.41. The van der Waals surface area contributed by atoms with E-state index in [0.29, 0.717) is 0 Å². The lowest BCUT2D eigenvalue weighted by Crippen LogP contribution is -1.80. The fraction of sp³-hybridized carbons (Fsp3) is 0.455. The molecule has 0 spiro atoms. The number of aromatic hydroxyl groups is 2. The molecular formula is C11H16O2S. The van der Waals surface area contributed by atoms with Crippen LogP contribution in [0.3, 0.4) is 0 Å². The monoisotopic (exact) mass is 212 g/mol. The molecule has 1 rings (SSSR count). The van der Waals surface area contributed by atoms with Crippen LogP contribution >= 0.6 is 11.8 Å². The topological polar surface area (TPSA) is 40.5 Å². The van der Waals surface area contributed by atoms with Crippen LogP contribution in [0, 0.1) is 0 Å². The SMILES string of the molecule is CCCCCSc1cc(O)cc(O)c1. The van der Waals surface area contributed by atoms with Crippen molar-refractivity contribution in [3.05, 3.63) is 18.2 Å². The molecule has 0 saturated carbocycles. The number of unbranched alkanes of at least 4 members (excludes halogenated alkanes) is 2. The molecule has 1 aromatic carbocycles. The van der Waals surface area contributed by atoms with Gasteiger partial charge in [0.25, 0.3) is 0 Å². The lowest BCUT2D eigenvalue weighted by Gasteiger charge is -2.02. The third-order valence-electron chi connectivity index (χ3n) is 1.89. The largest absolute Gasteiger partial charge is 0.508 e. The zero-order valence-electron chi connectivity index (χ0n) is 8.36. The highest BCUT2D eigenvalue weighted by Crippen LogP contribution is 2.28. The number of thioether (sulfide) groups is 1. The second kappa shape index (κ2) is 5.81. The van der Waals surface area contributed by atoms with E-state index in [1.807, 2.05) is 0 Å². The molecular weight excluding hydrogens is 196 g/mol. The maximum Gasteiger partial charge on any atom is 0.120 e. The van der Waals surface area contributed by atoms with Crippen LogP contribution in [0.4, 0.5) is 0 Å². The Morgan fingerprint density at radius 3 is 2.29 bits per heavy atom. The van der Waals surface area contributed by atoms with Crippen molar-refractivity contribution >= 4 is 11.8 Å². The maximum atomic E-state index is 9.22. The molecule has 0 fully saturated rings. The summed E-state index contributed by atoms with van der Waals surface area (Å²) in [5.41, 5.74) is 0. The van der Waals surface area contributed by atoms with Gasteiger partial charge in [-0.2, -0.15) is 0 Å². The summed E-state index contributed by atoms with van der Waals surface area (Å²) in [6.07, 6.45) is 3.63. The predicted molar refractivity (Wildman–Crippen MR) is 60.0 cm³/mol. The molecule has 2 N–H and O–H groups in total. The smallest absolute Gasteiger partial charge is 0.120 e. The van der Waals surface area contributed by atoms with Gasteiger partial charge in [0.1, 0.15) is 11.5 Å². The van der Waals surface area contributed by atoms with E-state index >= 15 is 0 Å². The zero-order chi connectivity index (χ0) is 10.4. The Morgan fingerprint density at radius 1 is 1.07 bits per heavy atom. The minimum atomic E-state index is 0.128. The lowest BCUT2D eigenvalue weighted by molar-refractivity contribution is 0.448. The van der Waals surface area contributed by atoms with E-state index in [-0.39, 0.29) is 11.5 Å². The first kappa shape index (κ1) is 11.2. The van der Waals surface area contributed by atoms with E-state index in [1.165, 1.54) is 25.3 Å². The van der Waals surface area contributed by atoms with Crippen LogP contribution in [0.25, 0.3) is 0 Å². The standard InChI is InChI=1S/C11H16O2S/c1-2-3-4-5-14-11-7-9(12)6-10(13)8-11/h6-8,12-13H,2-5H2,1H3. The summed E-state index contributed by atoms with van der Waals surface area (Å²) in [6.45, 7) is 2.17. The molecule has 0 amide bonds. The van der Waals surface area contributed by atoms with Gasteiger partial charge in [-0.1, -0.05) is 19.8 Å².